The summed E-state index contributed by atoms with van der Waals surface area (Å²) in [7, 11) is 1.62. The summed E-state index contributed by atoms with van der Waals surface area (Å²) in [6, 6.07) is 5.17. The third-order valence-electron chi connectivity index (χ3n) is 3.83. The van der Waals surface area contributed by atoms with Gasteiger partial charge in [-0.05, 0) is 18.0 Å². The SMILES string of the molecule is CN(CC(C)(C)CN)C(=O)c1cc(=O)[nH]c2ccc([N+](=O)[O-])cc12. The lowest BCUT2D eigenvalue weighted by Gasteiger charge is -2.29. The number of hydrogen-bond acceptors (Lipinski definition) is 5. The number of nitro groups is 1. The molecule has 0 fully saturated rings. The summed E-state index contributed by atoms with van der Waals surface area (Å²) in [5, 5.41) is 11.3. The number of aromatic amines is 1. The fourth-order valence-corrected chi connectivity index (χ4v) is 2.52. The number of rotatable bonds is 5. The van der Waals surface area contributed by atoms with Gasteiger partial charge in [-0.2, -0.15) is 0 Å². The van der Waals surface area contributed by atoms with Crippen molar-refractivity contribution >= 4 is 22.5 Å². The van der Waals surface area contributed by atoms with Gasteiger partial charge in [0.05, 0.1) is 10.5 Å². The molecule has 0 saturated carbocycles. The van der Waals surface area contributed by atoms with E-state index in [0.717, 1.165) is 0 Å². The molecule has 3 N–H and O–H groups in total. The minimum atomic E-state index is -0.542. The summed E-state index contributed by atoms with van der Waals surface area (Å²) in [6.07, 6.45) is 0. The van der Waals surface area contributed by atoms with Gasteiger partial charge in [0.25, 0.3) is 11.6 Å². The molecule has 0 spiro atoms. The Morgan fingerprint density at radius 3 is 2.62 bits per heavy atom. The van der Waals surface area contributed by atoms with Crippen LogP contribution in [0.5, 0.6) is 0 Å². The molecule has 0 radical (unpaired) electrons. The Kier molecular flexibility index (Phi) is 4.70. The maximum atomic E-state index is 12.7. The van der Waals surface area contributed by atoms with E-state index in [9.17, 15) is 19.7 Å². The molecule has 1 heterocycles. The standard InChI is InChI=1S/C16H20N4O4/c1-16(2,8-17)9-19(3)15(22)12-7-14(21)18-13-5-4-10(20(23)24)6-11(12)13/h4-7H,8-9,17H2,1-3H3,(H,18,21). The number of carbonyl (C=O) groups is 1. The van der Waals surface area contributed by atoms with Gasteiger partial charge in [-0.25, -0.2) is 0 Å². The topological polar surface area (TPSA) is 122 Å². The van der Waals surface area contributed by atoms with Gasteiger partial charge in [-0.15, -0.1) is 0 Å². The van der Waals surface area contributed by atoms with Gasteiger partial charge >= 0.3 is 0 Å². The van der Waals surface area contributed by atoms with Crippen LogP contribution in [0.2, 0.25) is 0 Å². The normalized spacial score (nSPS) is 11.5. The summed E-state index contributed by atoms with van der Waals surface area (Å²) in [5.41, 5.74) is 5.34. The van der Waals surface area contributed by atoms with Crippen molar-refractivity contribution in [1.29, 1.82) is 0 Å². The fourth-order valence-electron chi connectivity index (χ4n) is 2.52. The van der Waals surface area contributed by atoms with Gasteiger partial charge in [0.1, 0.15) is 0 Å². The van der Waals surface area contributed by atoms with Crippen LogP contribution >= 0.6 is 0 Å². The van der Waals surface area contributed by atoms with Crippen LogP contribution in [0.15, 0.2) is 29.1 Å². The Hall–Kier alpha value is -2.74. The highest BCUT2D eigenvalue weighted by molar-refractivity contribution is 6.06. The molecule has 0 saturated heterocycles. The first-order valence-corrected chi connectivity index (χ1v) is 7.41. The van der Waals surface area contributed by atoms with E-state index < -0.39 is 10.5 Å². The number of nitrogens with one attached hydrogen (secondary N) is 1. The largest absolute Gasteiger partial charge is 0.341 e. The van der Waals surface area contributed by atoms with Crippen LogP contribution < -0.4 is 11.3 Å². The van der Waals surface area contributed by atoms with Gasteiger partial charge in [-0.3, -0.25) is 19.7 Å². The number of nitrogens with two attached hydrogens (primary N) is 1. The molecule has 8 heteroatoms. The molecule has 0 aliphatic rings. The smallest absolute Gasteiger partial charge is 0.270 e. The monoisotopic (exact) mass is 332 g/mol. The van der Waals surface area contributed by atoms with Crippen molar-refractivity contribution < 1.29 is 9.72 Å². The molecule has 24 heavy (non-hydrogen) atoms. The number of carbonyl (C=O) groups excluding carboxylic acids is 1. The molecule has 0 unspecified atom stereocenters. The summed E-state index contributed by atoms with van der Waals surface area (Å²) >= 11 is 0. The first-order valence-electron chi connectivity index (χ1n) is 7.41. The van der Waals surface area contributed by atoms with Crippen molar-refractivity contribution in [2.75, 3.05) is 20.1 Å². The van der Waals surface area contributed by atoms with E-state index in [-0.39, 0.29) is 22.6 Å². The third kappa shape index (κ3) is 3.60. The number of hydrogen-bond donors (Lipinski definition) is 2. The molecule has 0 atom stereocenters. The van der Waals surface area contributed by atoms with Gasteiger partial charge in [0.2, 0.25) is 5.56 Å². The third-order valence-corrected chi connectivity index (χ3v) is 3.83. The number of nitro benzene ring substituents is 1. The Bertz CT molecular complexity index is 857. The molecular formula is C16H20N4O4. The van der Waals surface area contributed by atoms with E-state index >= 15 is 0 Å². The highest BCUT2D eigenvalue weighted by Gasteiger charge is 2.24. The lowest BCUT2D eigenvalue weighted by atomic mass is 9.93. The lowest BCUT2D eigenvalue weighted by Crippen LogP contribution is -2.40. The van der Waals surface area contributed by atoms with Crippen LogP contribution in [0.3, 0.4) is 0 Å². The van der Waals surface area contributed by atoms with Gasteiger partial charge in [-0.1, -0.05) is 13.8 Å². The number of amides is 1. The molecule has 2 aromatic rings. The Labute approximate surface area is 138 Å². The van der Waals surface area contributed by atoms with Gasteiger partial charge in [0, 0.05) is 42.7 Å². The Morgan fingerprint density at radius 2 is 2.04 bits per heavy atom. The van der Waals surface area contributed by atoms with Crippen molar-refractivity contribution in [2.24, 2.45) is 11.1 Å². The maximum absolute atomic E-state index is 12.7. The van der Waals surface area contributed by atoms with Crippen LogP contribution in [0, 0.1) is 15.5 Å². The first-order chi connectivity index (χ1) is 11.1. The van der Waals surface area contributed by atoms with Gasteiger partial charge < -0.3 is 15.6 Å². The highest BCUT2D eigenvalue weighted by atomic mass is 16.6. The van der Waals surface area contributed by atoms with Crippen molar-refractivity contribution in [3.05, 3.63) is 50.3 Å². The molecule has 128 valence electrons. The highest BCUT2D eigenvalue weighted by Crippen LogP contribution is 2.23. The van der Waals surface area contributed by atoms with Crippen molar-refractivity contribution in [2.45, 2.75) is 13.8 Å². The number of nitrogens with zero attached hydrogens (tertiary/aromatic N) is 2. The van der Waals surface area contributed by atoms with E-state index in [1.54, 1.807) is 7.05 Å². The molecular weight excluding hydrogens is 312 g/mol. The van der Waals surface area contributed by atoms with Crippen LogP contribution in [0.4, 0.5) is 5.69 Å². The van der Waals surface area contributed by atoms with E-state index in [4.69, 9.17) is 5.73 Å². The van der Waals surface area contributed by atoms with E-state index in [0.29, 0.717) is 24.0 Å². The number of non-ortho nitro benzene ring substituents is 1. The van der Waals surface area contributed by atoms with Gasteiger partial charge in [0.15, 0.2) is 0 Å². The average molecular weight is 332 g/mol. The zero-order valence-corrected chi connectivity index (χ0v) is 13.8. The number of H-pyrrole nitrogens is 1. The van der Waals surface area contributed by atoms with Crippen LogP contribution in [0.25, 0.3) is 10.9 Å². The van der Waals surface area contributed by atoms with Crippen LogP contribution in [-0.2, 0) is 0 Å². The number of benzene rings is 1. The minimum absolute atomic E-state index is 0.132. The van der Waals surface area contributed by atoms with E-state index in [1.807, 2.05) is 13.8 Å². The molecule has 0 aliphatic heterocycles. The van der Waals surface area contributed by atoms with Crippen LogP contribution in [-0.4, -0.2) is 40.9 Å². The minimum Gasteiger partial charge on any atom is -0.341 e. The second-order valence-electron chi connectivity index (χ2n) is 6.56. The summed E-state index contributed by atoms with van der Waals surface area (Å²) in [5.74, 6) is -0.381. The lowest BCUT2D eigenvalue weighted by molar-refractivity contribution is -0.384. The summed E-state index contributed by atoms with van der Waals surface area (Å²) in [4.78, 5) is 39.0. The first kappa shape index (κ1) is 17.6. The number of aromatic nitrogens is 1. The molecule has 0 bridgehead atoms. The number of pyridine rings is 1. The zero-order valence-electron chi connectivity index (χ0n) is 13.8. The zero-order chi connectivity index (χ0) is 18.1. The quantitative estimate of drug-likeness (QED) is 0.634. The summed E-state index contributed by atoms with van der Waals surface area (Å²) in [6.45, 7) is 4.65. The van der Waals surface area contributed by atoms with Crippen molar-refractivity contribution in [3.63, 3.8) is 0 Å². The Morgan fingerprint density at radius 1 is 1.38 bits per heavy atom. The molecule has 2 rings (SSSR count). The molecule has 1 amide bonds. The van der Waals surface area contributed by atoms with Crippen LogP contribution in [0.1, 0.15) is 24.2 Å². The molecule has 8 nitrogen and oxygen atoms in total. The summed E-state index contributed by atoms with van der Waals surface area (Å²) < 4.78 is 0. The van der Waals surface area contributed by atoms with Crippen molar-refractivity contribution in [1.82, 2.24) is 9.88 Å². The predicted molar refractivity (Wildman–Crippen MR) is 91.0 cm³/mol. The molecule has 1 aromatic carbocycles. The number of fused-ring (bicyclic) bond motifs is 1. The molecule has 1 aromatic heterocycles. The van der Waals surface area contributed by atoms with E-state index in [1.165, 1.54) is 29.2 Å². The Balaban J connectivity index is 2.53. The van der Waals surface area contributed by atoms with Crippen molar-refractivity contribution in [3.8, 4) is 0 Å². The van der Waals surface area contributed by atoms with E-state index in [2.05, 4.69) is 4.98 Å². The predicted octanol–water partition coefficient (Wildman–Crippen LogP) is 1.49. The second-order valence-corrected chi connectivity index (χ2v) is 6.56. The molecule has 0 aliphatic carbocycles. The average Bonchev–Trinajstić information content (AvgIpc) is 2.52. The maximum Gasteiger partial charge on any atom is 0.270 e. The fraction of sp³-hybridized carbons (Fsp3) is 0.375. The second kappa shape index (κ2) is 6.40.